The van der Waals surface area contributed by atoms with Crippen LogP contribution in [-0.4, -0.2) is 136 Å². The summed E-state index contributed by atoms with van der Waals surface area (Å²) < 4.78 is 32.8. The highest BCUT2D eigenvalue weighted by Crippen LogP contribution is 2.24. The van der Waals surface area contributed by atoms with E-state index in [4.69, 9.17) is 45.2 Å². The fourth-order valence-corrected chi connectivity index (χ4v) is 7.29. The van der Waals surface area contributed by atoms with Crippen molar-refractivity contribution < 1.29 is 42.8 Å². The van der Waals surface area contributed by atoms with Crippen LogP contribution in [0.3, 0.4) is 0 Å². The van der Waals surface area contributed by atoms with Gasteiger partial charge in [0.1, 0.15) is 16.8 Å². The first-order valence-electron chi connectivity index (χ1n) is 22.9. The number of amides is 3. The van der Waals surface area contributed by atoms with Crippen LogP contribution in [0.4, 0.5) is 14.4 Å². The number of azide groups is 2. The number of nitrogens with two attached hydrogens (primary N) is 1. The molecule has 3 N–H and O–H groups in total. The van der Waals surface area contributed by atoms with E-state index in [1.165, 1.54) is 6.42 Å². The van der Waals surface area contributed by atoms with Crippen molar-refractivity contribution in [1.29, 1.82) is 0 Å². The van der Waals surface area contributed by atoms with E-state index in [2.05, 4.69) is 25.4 Å². The second-order valence-electron chi connectivity index (χ2n) is 19.9. The molecule has 3 saturated heterocycles. The molecule has 364 valence electrons. The Kier molecular flexibility index (Phi) is 27.7. The normalized spacial score (nSPS) is 21.0. The Balaban J connectivity index is 0.000000473. The van der Waals surface area contributed by atoms with Crippen LogP contribution in [0, 0.1) is 17.8 Å². The van der Waals surface area contributed by atoms with Crippen LogP contribution in [-0.2, 0) is 28.4 Å². The average Bonchev–Trinajstić information content (AvgIpc) is 3.72. The molecule has 0 aromatic heterocycles. The van der Waals surface area contributed by atoms with Gasteiger partial charge in [0.2, 0.25) is 0 Å². The van der Waals surface area contributed by atoms with Crippen LogP contribution in [0.5, 0.6) is 0 Å². The molecular formula is C44H84N10O9. The highest BCUT2D eigenvalue weighted by Gasteiger charge is 2.29. The quantitative estimate of drug-likeness (QED) is 0.0723. The third-order valence-electron chi connectivity index (χ3n) is 10.5. The van der Waals surface area contributed by atoms with Crippen molar-refractivity contribution in [2.75, 3.05) is 73.4 Å². The number of alkyl carbamates (subject to hydrolysis) is 1. The molecule has 3 rings (SSSR count). The number of carbonyl (C=O) groups is 3. The van der Waals surface area contributed by atoms with Crippen molar-refractivity contribution in [2.45, 2.75) is 174 Å². The van der Waals surface area contributed by atoms with Gasteiger partial charge in [0.05, 0.1) is 0 Å². The number of carbonyl (C=O) groups excluding carboxylic acids is 3. The Morgan fingerprint density at radius 1 is 0.635 bits per heavy atom. The number of hydrogen-bond donors (Lipinski definition) is 2. The summed E-state index contributed by atoms with van der Waals surface area (Å²) in [5, 5.41) is 10.0. The molecule has 0 unspecified atom stereocenters. The first-order chi connectivity index (χ1) is 29.6. The van der Waals surface area contributed by atoms with E-state index < -0.39 is 22.9 Å². The molecule has 0 saturated carbocycles. The van der Waals surface area contributed by atoms with Gasteiger partial charge in [-0.3, -0.25) is 0 Å². The van der Waals surface area contributed by atoms with E-state index >= 15 is 0 Å². The van der Waals surface area contributed by atoms with Gasteiger partial charge in [-0.05, 0) is 149 Å². The Morgan fingerprint density at radius 3 is 1.41 bits per heavy atom. The summed E-state index contributed by atoms with van der Waals surface area (Å²) in [7, 11) is 3.46. The second kappa shape index (κ2) is 30.4. The van der Waals surface area contributed by atoms with Gasteiger partial charge in [0, 0.05) is 101 Å². The maximum atomic E-state index is 12.2. The molecule has 6 atom stereocenters. The third kappa shape index (κ3) is 28.6. The summed E-state index contributed by atoms with van der Waals surface area (Å²) in [5.74, 6) is 1.24. The first kappa shape index (κ1) is 57.3. The zero-order valence-corrected chi connectivity index (χ0v) is 40.6. The number of likely N-dealkylation sites (N-methyl/N-ethyl adjacent to an activating group) is 2. The lowest BCUT2D eigenvalue weighted by Gasteiger charge is -2.32. The van der Waals surface area contributed by atoms with E-state index in [-0.39, 0.29) is 43.4 Å². The molecule has 0 spiro atoms. The zero-order chi connectivity index (χ0) is 47.5. The average molecular weight is 897 g/mol. The molecule has 63 heavy (non-hydrogen) atoms. The molecule has 0 aromatic rings. The van der Waals surface area contributed by atoms with Crippen LogP contribution in [0.1, 0.15) is 139 Å². The van der Waals surface area contributed by atoms with Crippen molar-refractivity contribution in [3.63, 3.8) is 0 Å². The summed E-state index contributed by atoms with van der Waals surface area (Å²) in [6.07, 6.45) is 11.3. The monoisotopic (exact) mass is 897 g/mol. The van der Waals surface area contributed by atoms with E-state index in [0.717, 1.165) is 97.1 Å². The van der Waals surface area contributed by atoms with Gasteiger partial charge in [-0.2, -0.15) is 0 Å². The Morgan fingerprint density at radius 2 is 1.02 bits per heavy atom. The lowest BCUT2D eigenvalue weighted by molar-refractivity contribution is 0.0178. The molecule has 3 aliphatic heterocycles. The molecule has 0 aromatic carbocycles. The second-order valence-corrected chi connectivity index (χ2v) is 19.9. The van der Waals surface area contributed by atoms with Gasteiger partial charge < -0.3 is 49.3 Å². The minimum Gasteiger partial charge on any atom is -0.444 e. The molecule has 0 bridgehead atoms. The standard InChI is InChI=1S/C15H28N4O3.C15H30N2O3.C14H26N4O3/c1-15(2,3)22-14(20)19(4)13(10-17-18-16)9-12-7-5-6-8-21-11-12;1-15(2,3)20-14(18)17(4)13(10-16)9-12-7-5-6-8-19-11-12;1-14(2,3)21-13(19)17-12(9-16-18-15)8-11-6-4-5-7-20-10-11/h12-13H,5-11H2,1-4H3;12-13H,5-11,16H2,1-4H3;11-12H,4-10H2,1-3H3,(H,17,19)/t2*12-,13+;11-,12+/m111/s1. The molecule has 3 fully saturated rings. The van der Waals surface area contributed by atoms with Gasteiger partial charge in [-0.25, -0.2) is 14.4 Å². The number of nitrogens with one attached hydrogen (secondary N) is 1. The minimum atomic E-state index is -0.543. The Labute approximate surface area is 377 Å². The summed E-state index contributed by atoms with van der Waals surface area (Å²) in [6, 6.07) is -0.378. The van der Waals surface area contributed by atoms with Gasteiger partial charge in [-0.1, -0.05) is 29.5 Å². The third-order valence-corrected chi connectivity index (χ3v) is 10.5. The van der Waals surface area contributed by atoms with Crippen LogP contribution in [0.2, 0.25) is 0 Å². The summed E-state index contributed by atoms with van der Waals surface area (Å²) in [6.45, 7) is 22.1. The van der Waals surface area contributed by atoms with E-state index in [0.29, 0.717) is 37.5 Å². The summed E-state index contributed by atoms with van der Waals surface area (Å²) in [4.78, 5) is 44.9. The smallest absolute Gasteiger partial charge is 0.410 e. The number of ether oxygens (including phenoxy) is 6. The molecule has 3 aliphatic rings. The molecule has 0 radical (unpaired) electrons. The molecule has 19 heteroatoms. The highest BCUT2D eigenvalue weighted by atomic mass is 16.6. The molecule has 0 aliphatic carbocycles. The SMILES string of the molecule is CC(C)(C)OC(=O)N[C@H](CN=[N+]=[N-])C[C@H]1CCCCOC1.CN(C(=O)OC(C)(C)C)[C@H](CN)C[C@H]1CCCCOC1.CN(C(=O)OC(C)(C)C)[C@H](CN=[N+]=[N-])C[C@H]1CCCCOC1. The van der Waals surface area contributed by atoms with Gasteiger partial charge in [0.15, 0.2) is 0 Å². The lowest BCUT2D eigenvalue weighted by Crippen LogP contribution is -2.45. The lowest BCUT2D eigenvalue weighted by atomic mass is 9.95. The van der Waals surface area contributed by atoms with Crippen LogP contribution in [0.15, 0.2) is 10.2 Å². The summed E-state index contributed by atoms with van der Waals surface area (Å²) >= 11 is 0. The van der Waals surface area contributed by atoms with E-state index in [1.54, 1.807) is 23.9 Å². The maximum Gasteiger partial charge on any atom is 0.410 e. The predicted octanol–water partition coefficient (Wildman–Crippen LogP) is 9.52. The molecule has 3 heterocycles. The fraction of sp³-hybridized carbons (Fsp3) is 0.932. The van der Waals surface area contributed by atoms with Crippen molar-refractivity contribution in [3.8, 4) is 0 Å². The Hall–Kier alpha value is -3.73. The highest BCUT2D eigenvalue weighted by molar-refractivity contribution is 5.69. The van der Waals surface area contributed by atoms with Crippen molar-refractivity contribution in [2.24, 2.45) is 33.7 Å². The maximum absolute atomic E-state index is 12.2. The fourth-order valence-electron chi connectivity index (χ4n) is 7.29. The van der Waals surface area contributed by atoms with Crippen molar-refractivity contribution >= 4 is 18.3 Å². The predicted molar refractivity (Wildman–Crippen MR) is 244 cm³/mol. The van der Waals surface area contributed by atoms with Crippen LogP contribution >= 0.6 is 0 Å². The zero-order valence-electron chi connectivity index (χ0n) is 40.6. The largest absolute Gasteiger partial charge is 0.444 e. The molecular weight excluding hydrogens is 813 g/mol. The van der Waals surface area contributed by atoms with Gasteiger partial charge >= 0.3 is 18.3 Å². The van der Waals surface area contributed by atoms with Crippen LogP contribution < -0.4 is 11.1 Å². The van der Waals surface area contributed by atoms with E-state index in [1.807, 2.05) is 62.3 Å². The number of hydrogen-bond acceptors (Lipinski definition) is 12. The number of rotatable bonds is 14. The minimum absolute atomic E-state index is 0.0107. The topological polar surface area (TPSA) is 249 Å². The number of nitrogens with zero attached hydrogens (tertiary/aromatic N) is 8. The van der Waals surface area contributed by atoms with Crippen LogP contribution in [0.25, 0.3) is 20.9 Å². The van der Waals surface area contributed by atoms with Crippen molar-refractivity contribution in [3.05, 3.63) is 20.9 Å². The molecule has 19 nitrogen and oxygen atoms in total. The molecule has 3 amide bonds. The van der Waals surface area contributed by atoms with Crippen molar-refractivity contribution in [1.82, 2.24) is 15.1 Å². The summed E-state index contributed by atoms with van der Waals surface area (Å²) in [5.41, 5.74) is 21.3. The van der Waals surface area contributed by atoms with Gasteiger partial charge in [-0.15, -0.1) is 0 Å². The van der Waals surface area contributed by atoms with E-state index in [9.17, 15) is 14.4 Å². The van der Waals surface area contributed by atoms with Gasteiger partial charge in [0.25, 0.3) is 0 Å². The Bertz CT molecular complexity index is 1380. The first-order valence-corrected chi connectivity index (χ1v) is 22.9.